The molecule has 0 saturated carbocycles. The van der Waals surface area contributed by atoms with E-state index in [4.69, 9.17) is 9.63 Å². The Morgan fingerprint density at radius 1 is 1.20 bits per heavy atom. The summed E-state index contributed by atoms with van der Waals surface area (Å²) in [5.41, 5.74) is 0.183. The second-order valence-corrected chi connectivity index (χ2v) is 8.74. The zero-order chi connectivity index (χ0) is 24.7. The zero-order valence-corrected chi connectivity index (χ0v) is 19.1. The highest BCUT2D eigenvalue weighted by Gasteiger charge is 2.27. The molecule has 0 amide bonds. The Kier molecular flexibility index (Phi) is 5.79. The van der Waals surface area contributed by atoms with E-state index >= 15 is 4.39 Å². The van der Waals surface area contributed by atoms with Crippen LogP contribution in [0.5, 0.6) is 0 Å². The molecular weight excluding hydrogens is 460 g/mol. The van der Waals surface area contributed by atoms with Gasteiger partial charge in [0.15, 0.2) is 11.6 Å². The van der Waals surface area contributed by atoms with Gasteiger partial charge in [0.05, 0.1) is 16.6 Å². The summed E-state index contributed by atoms with van der Waals surface area (Å²) in [5, 5.41) is 15.9. The molecule has 2 N–H and O–H groups in total. The molecule has 4 aromatic rings. The summed E-state index contributed by atoms with van der Waals surface area (Å²) in [5.74, 6) is -1.64. The number of aromatic carboxylic acids is 1. The van der Waals surface area contributed by atoms with Crippen molar-refractivity contribution in [2.24, 2.45) is 0 Å². The van der Waals surface area contributed by atoms with Crippen molar-refractivity contribution in [3.8, 4) is 0 Å². The third-order valence-corrected chi connectivity index (χ3v) is 6.11. The van der Waals surface area contributed by atoms with Gasteiger partial charge in [-0.2, -0.15) is 4.98 Å². The number of halogens is 2. The number of aromatic nitrogens is 5. The molecule has 0 spiro atoms. The smallest absolute Gasteiger partial charge is 0.335 e. The lowest BCUT2D eigenvalue weighted by Crippen LogP contribution is -2.34. The first-order chi connectivity index (χ1) is 16.8. The molecule has 1 fully saturated rings. The van der Waals surface area contributed by atoms with E-state index in [-0.39, 0.29) is 34.4 Å². The Morgan fingerprint density at radius 2 is 1.97 bits per heavy atom. The molecule has 1 aromatic carbocycles. The van der Waals surface area contributed by atoms with Crippen LogP contribution in [0.2, 0.25) is 0 Å². The Bertz CT molecular complexity index is 1390. The fourth-order valence-corrected chi connectivity index (χ4v) is 4.21. The lowest BCUT2D eigenvalue weighted by molar-refractivity contribution is 0.0696. The summed E-state index contributed by atoms with van der Waals surface area (Å²) < 4.78 is 36.7. The Morgan fingerprint density at radius 3 is 2.63 bits per heavy atom. The monoisotopic (exact) mass is 483 g/mol. The number of nitrogens with one attached hydrogen (secondary N) is 1. The lowest BCUT2D eigenvalue weighted by Gasteiger charge is -2.31. The van der Waals surface area contributed by atoms with E-state index in [0.717, 1.165) is 6.07 Å². The highest BCUT2D eigenvalue weighted by atomic mass is 19.1. The highest BCUT2D eigenvalue weighted by molar-refractivity contribution is 5.91. The van der Waals surface area contributed by atoms with Crippen molar-refractivity contribution >= 4 is 34.5 Å². The molecule has 0 unspecified atom stereocenters. The lowest BCUT2D eigenvalue weighted by atomic mass is 10.1. The number of benzene rings is 1. The minimum Gasteiger partial charge on any atom is -0.478 e. The average Bonchev–Trinajstić information content (AvgIpc) is 3.46. The molecule has 12 heteroatoms. The van der Waals surface area contributed by atoms with Crippen LogP contribution in [0.3, 0.4) is 0 Å². The zero-order valence-electron chi connectivity index (χ0n) is 19.1. The Balaban J connectivity index is 1.37. The van der Waals surface area contributed by atoms with E-state index in [2.05, 4.69) is 25.4 Å². The van der Waals surface area contributed by atoms with Crippen molar-refractivity contribution in [2.45, 2.75) is 38.6 Å². The molecule has 4 heterocycles. The molecule has 3 aromatic heterocycles. The van der Waals surface area contributed by atoms with Gasteiger partial charge in [-0.3, -0.25) is 0 Å². The molecular formula is C23H23F2N7O3. The van der Waals surface area contributed by atoms with Gasteiger partial charge in [-0.15, -0.1) is 0 Å². The number of anilines is 3. The maximum Gasteiger partial charge on any atom is 0.335 e. The van der Waals surface area contributed by atoms with Crippen LogP contribution in [0.4, 0.5) is 26.3 Å². The van der Waals surface area contributed by atoms with E-state index in [1.165, 1.54) is 24.7 Å². The van der Waals surface area contributed by atoms with E-state index in [1.54, 1.807) is 4.57 Å². The molecule has 0 atom stereocenters. The standard InChI is InChI=1S/C23H23F2N7O3/c1-12(2)19-29-23(35-30-19)31-7-5-14(6-8-31)32-10-16(25)18-20(26-11-27-21(18)32)28-17-4-3-13(22(33)34)9-15(17)24/h3-4,9-12,14H,5-8H2,1-2H3,(H,33,34)(H,26,27,28). The molecule has 1 aliphatic heterocycles. The fourth-order valence-electron chi connectivity index (χ4n) is 4.21. The van der Waals surface area contributed by atoms with Crippen LogP contribution in [-0.4, -0.2) is 48.8 Å². The number of fused-ring (bicyclic) bond motifs is 1. The Labute approximate surface area is 198 Å². The second-order valence-electron chi connectivity index (χ2n) is 8.74. The maximum atomic E-state index is 15.1. The third kappa shape index (κ3) is 4.27. The number of piperidine rings is 1. The quantitative estimate of drug-likeness (QED) is 0.408. The van der Waals surface area contributed by atoms with Gasteiger partial charge >= 0.3 is 12.0 Å². The maximum absolute atomic E-state index is 15.1. The summed E-state index contributed by atoms with van der Waals surface area (Å²) in [6.07, 6.45) is 4.09. The van der Waals surface area contributed by atoms with Gasteiger partial charge in [0.2, 0.25) is 0 Å². The van der Waals surface area contributed by atoms with Crippen LogP contribution in [0.25, 0.3) is 11.0 Å². The first kappa shape index (κ1) is 22.7. The van der Waals surface area contributed by atoms with Crippen molar-refractivity contribution in [2.75, 3.05) is 23.3 Å². The van der Waals surface area contributed by atoms with Gasteiger partial charge in [0.1, 0.15) is 23.6 Å². The van der Waals surface area contributed by atoms with Crippen molar-refractivity contribution < 1.29 is 23.2 Å². The number of rotatable bonds is 6. The number of carbonyl (C=O) groups is 1. The number of hydrogen-bond acceptors (Lipinski definition) is 8. The number of nitrogens with zero attached hydrogens (tertiary/aromatic N) is 6. The van der Waals surface area contributed by atoms with Gasteiger partial charge < -0.3 is 24.4 Å². The second kappa shape index (κ2) is 8.93. The largest absolute Gasteiger partial charge is 0.478 e. The van der Waals surface area contributed by atoms with Crippen molar-refractivity contribution in [3.63, 3.8) is 0 Å². The molecule has 0 bridgehead atoms. The summed E-state index contributed by atoms with van der Waals surface area (Å²) >= 11 is 0. The predicted molar refractivity (Wildman–Crippen MR) is 123 cm³/mol. The van der Waals surface area contributed by atoms with E-state index in [0.29, 0.717) is 43.4 Å². The van der Waals surface area contributed by atoms with Crippen molar-refractivity contribution in [1.82, 2.24) is 24.7 Å². The molecule has 0 radical (unpaired) electrons. The highest BCUT2D eigenvalue weighted by Crippen LogP contribution is 2.33. The van der Waals surface area contributed by atoms with E-state index in [1.807, 2.05) is 18.7 Å². The summed E-state index contributed by atoms with van der Waals surface area (Å²) in [6.45, 7) is 5.31. The van der Waals surface area contributed by atoms with Crippen molar-refractivity contribution in [3.05, 3.63) is 53.7 Å². The minimum atomic E-state index is -1.24. The normalized spacial score (nSPS) is 14.7. The molecule has 5 rings (SSSR count). The van der Waals surface area contributed by atoms with E-state index in [9.17, 15) is 9.18 Å². The van der Waals surface area contributed by atoms with E-state index < -0.39 is 17.6 Å². The third-order valence-electron chi connectivity index (χ3n) is 6.11. The summed E-state index contributed by atoms with van der Waals surface area (Å²) in [4.78, 5) is 25.9. The molecule has 35 heavy (non-hydrogen) atoms. The average molecular weight is 483 g/mol. The summed E-state index contributed by atoms with van der Waals surface area (Å²) in [6, 6.07) is 3.90. The van der Waals surface area contributed by atoms with Gasteiger partial charge in [0.25, 0.3) is 0 Å². The molecule has 10 nitrogen and oxygen atoms in total. The minimum absolute atomic E-state index is 0.0138. The van der Waals surface area contributed by atoms with Crippen LogP contribution in [0, 0.1) is 11.6 Å². The van der Waals surface area contributed by atoms with Gasteiger partial charge in [-0.25, -0.2) is 23.5 Å². The number of carboxylic acid groups (broad SMARTS) is 1. The van der Waals surface area contributed by atoms with Crippen LogP contribution in [-0.2, 0) is 0 Å². The van der Waals surface area contributed by atoms with Crippen LogP contribution >= 0.6 is 0 Å². The molecule has 0 aliphatic carbocycles. The van der Waals surface area contributed by atoms with Gasteiger partial charge in [0, 0.05) is 31.2 Å². The first-order valence-electron chi connectivity index (χ1n) is 11.2. The Hall–Kier alpha value is -4.09. The molecule has 1 aliphatic rings. The SMILES string of the molecule is CC(C)c1noc(N2CCC(n3cc(F)c4c(Nc5ccc(C(=O)O)cc5F)ncnc43)CC2)n1. The van der Waals surface area contributed by atoms with Gasteiger partial charge in [-0.1, -0.05) is 19.0 Å². The van der Waals surface area contributed by atoms with Crippen LogP contribution < -0.4 is 10.2 Å². The summed E-state index contributed by atoms with van der Waals surface area (Å²) in [7, 11) is 0. The van der Waals surface area contributed by atoms with Crippen LogP contribution in [0.1, 0.15) is 54.8 Å². The topological polar surface area (TPSA) is 122 Å². The molecule has 1 saturated heterocycles. The van der Waals surface area contributed by atoms with Gasteiger partial charge in [-0.05, 0) is 31.0 Å². The first-order valence-corrected chi connectivity index (χ1v) is 11.2. The fraction of sp³-hybridized carbons (Fsp3) is 0.348. The number of carboxylic acids is 1. The van der Waals surface area contributed by atoms with Crippen molar-refractivity contribution in [1.29, 1.82) is 0 Å². The predicted octanol–water partition coefficient (Wildman–Crippen LogP) is 4.50. The van der Waals surface area contributed by atoms with Crippen LogP contribution in [0.15, 0.2) is 35.2 Å². The number of hydrogen-bond donors (Lipinski definition) is 2. The molecule has 182 valence electrons.